The summed E-state index contributed by atoms with van der Waals surface area (Å²) in [7, 11) is 0. The standard InChI is InChI=1S/C19H20FNO2.ClH/c20-16-5-9-18(10-6-16)23-17-7-3-15(4-8-17)19(22)11-14-21-12-1-2-13-21;/h3-10H,1-2,11-14H2;1H. The molecule has 1 heterocycles. The van der Waals surface area contributed by atoms with Crippen LogP contribution in [-0.2, 0) is 0 Å². The van der Waals surface area contributed by atoms with Crippen LogP contribution in [0, 0.1) is 5.82 Å². The van der Waals surface area contributed by atoms with Crippen LogP contribution in [0.25, 0.3) is 0 Å². The van der Waals surface area contributed by atoms with Crippen LogP contribution in [0.2, 0.25) is 0 Å². The molecule has 0 aromatic heterocycles. The smallest absolute Gasteiger partial charge is 0.164 e. The van der Waals surface area contributed by atoms with Crippen molar-refractivity contribution in [3.8, 4) is 11.5 Å². The zero-order valence-corrected chi connectivity index (χ0v) is 14.2. The Morgan fingerprint density at radius 3 is 2.08 bits per heavy atom. The van der Waals surface area contributed by atoms with Crippen molar-refractivity contribution in [3.63, 3.8) is 0 Å². The van der Waals surface area contributed by atoms with Crippen LogP contribution >= 0.6 is 12.4 Å². The van der Waals surface area contributed by atoms with Crippen LogP contribution in [0.3, 0.4) is 0 Å². The first-order chi connectivity index (χ1) is 11.2. The molecule has 0 spiro atoms. The lowest BCUT2D eigenvalue weighted by molar-refractivity contribution is 0.0969. The number of carbonyl (C=O) groups excluding carboxylic acids is 1. The molecule has 2 aromatic carbocycles. The minimum atomic E-state index is -0.295. The number of Topliss-reactive ketones (excluding diaryl/α,β-unsaturated/α-hetero) is 1. The second-order valence-corrected chi connectivity index (χ2v) is 5.80. The quantitative estimate of drug-likeness (QED) is 0.707. The van der Waals surface area contributed by atoms with E-state index in [9.17, 15) is 9.18 Å². The molecule has 24 heavy (non-hydrogen) atoms. The maximum Gasteiger partial charge on any atom is 0.164 e. The third-order valence-electron chi connectivity index (χ3n) is 4.08. The van der Waals surface area contributed by atoms with Gasteiger partial charge in [-0.3, -0.25) is 4.79 Å². The van der Waals surface area contributed by atoms with Gasteiger partial charge in [0.05, 0.1) is 0 Å². The Hall–Kier alpha value is -1.91. The molecule has 0 aliphatic carbocycles. The van der Waals surface area contributed by atoms with Gasteiger partial charge in [0.25, 0.3) is 0 Å². The molecule has 0 N–H and O–H groups in total. The Morgan fingerprint density at radius 2 is 1.50 bits per heavy atom. The van der Waals surface area contributed by atoms with E-state index in [2.05, 4.69) is 4.90 Å². The van der Waals surface area contributed by atoms with Gasteiger partial charge in [-0.15, -0.1) is 12.4 Å². The van der Waals surface area contributed by atoms with Crippen LogP contribution in [0.4, 0.5) is 4.39 Å². The second-order valence-electron chi connectivity index (χ2n) is 5.80. The lowest BCUT2D eigenvalue weighted by Gasteiger charge is -2.13. The lowest BCUT2D eigenvalue weighted by atomic mass is 10.1. The van der Waals surface area contributed by atoms with Crippen molar-refractivity contribution in [2.75, 3.05) is 19.6 Å². The highest BCUT2D eigenvalue weighted by atomic mass is 35.5. The molecular weight excluding hydrogens is 329 g/mol. The van der Waals surface area contributed by atoms with Crippen LogP contribution in [-0.4, -0.2) is 30.3 Å². The molecule has 0 bridgehead atoms. The van der Waals surface area contributed by atoms with E-state index in [0.29, 0.717) is 23.5 Å². The predicted molar refractivity (Wildman–Crippen MR) is 94.8 cm³/mol. The van der Waals surface area contributed by atoms with Gasteiger partial charge in [-0.05, 0) is 74.5 Å². The molecule has 1 saturated heterocycles. The summed E-state index contributed by atoms with van der Waals surface area (Å²) in [6.07, 6.45) is 3.03. The van der Waals surface area contributed by atoms with Gasteiger partial charge in [0.2, 0.25) is 0 Å². The van der Waals surface area contributed by atoms with Gasteiger partial charge in [0.1, 0.15) is 17.3 Å². The Bertz CT molecular complexity index is 652. The highest BCUT2D eigenvalue weighted by molar-refractivity contribution is 5.96. The van der Waals surface area contributed by atoms with Crippen molar-refractivity contribution in [3.05, 3.63) is 59.9 Å². The number of hydrogen-bond acceptors (Lipinski definition) is 3. The van der Waals surface area contributed by atoms with E-state index < -0.39 is 0 Å². The highest BCUT2D eigenvalue weighted by Crippen LogP contribution is 2.22. The molecule has 1 aliphatic rings. The van der Waals surface area contributed by atoms with E-state index in [1.54, 1.807) is 36.4 Å². The van der Waals surface area contributed by atoms with E-state index in [-0.39, 0.29) is 24.0 Å². The highest BCUT2D eigenvalue weighted by Gasteiger charge is 2.13. The van der Waals surface area contributed by atoms with E-state index in [0.717, 1.165) is 19.6 Å². The summed E-state index contributed by atoms with van der Waals surface area (Å²) < 4.78 is 18.5. The Labute approximate surface area is 147 Å². The summed E-state index contributed by atoms with van der Waals surface area (Å²) in [5.41, 5.74) is 0.704. The van der Waals surface area contributed by atoms with Crippen molar-refractivity contribution in [1.82, 2.24) is 4.90 Å². The molecule has 0 radical (unpaired) electrons. The average molecular weight is 350 g/mol. The minimum Gasteiger partial charge on any atom is -0.457 e. The van der Waals surface area contributed by atoms with Crippen molar-refractivity contribution in [2.24, 2.45) is 0 Å². The Morgan fingerprint density at radius 1 is 0.958 bits per heavy atom. The summed E-state index contributed by atoms with van der Waals surface area (Å²) >= 11 is 0. The molecule has 5 heteroatoms. The predicted octanol–water partition coefficient (Wildman–Crippen LogP) is 4.71. The monoisotopic (exact) mass is 349 g/mol. The SMILES string of the molecule is Cl.O=C(CCN1CCCC1)c1ccc(Oc2ccc(F)cc2)cc1. The maximum absolute atomic E-state index is 12.9. The number of benzene rings is 2. The number of nitrogens with zero attached hydrogens (tertiary/aromatic N) is 1. The second kappa shape index (κ2) is 8.81. The third-order valence-corrected chi connectivity index (χ3v) is 4.08. The fourth-order valence-corrected chi connectivity index (χ4v) is 2.76. The first-order valence-corrected chi connectivity index (χ1v) is 8.00. The van der Waals surface area contributed by atoms with Crippen molar-refractivity contribution >= 4 is 18.2 Å². The van der Waals surface area contributed by atoms with Crippen LogP contribution < -0.4 is 4.74 Å². The maximum atomic E-state index is 12.9. The molecule has 3 rings (SSSR count). The van der Waals surface area contributed by atoms with Gasteiger partial charge in [0, 0.05) is 18.5 Å². The summed E-state index contributed by atoms with van der Waals surface area (Å²) in [5.74, 6) is 1.06. The number of ketones is 1. The number of ether oxygens (including phenoxy) is 1. The van der Waals surface area contributed by atoms with E-state index >= 15 is 0 Å². The number of rotatable bonds is 6. The van der Waals surface area contributed by atoms with E-state index in [1.165, 1.54) is 25.0 Å². The zero-order valence-electron chi connectivity index (χ0n) is 13.4. The molecule has 3 nitrogen and oxygen atoms in total. The number of hydrogen-bond donors (Lipinski definition) is 0. The Balaban J connectivity index is 0.00000208. The van der Waals surface area contributed by atoms with Crippen LogP contribution in [0.15, 0.2) is 48.5 Å². The van der Waals surface area contributed by atoms with Crippen molar-refractivity contribution in [2.45, 2.75) is 19.3 Å². The molecule has 0 saturated carbocycles. The fraction of sp³-hybridized carbons (Fsp3) is 0.316. The van der Waals surface area contributed by atoms with Crippen molar-refractivity contribution < 1.29 is 13.9 Å². The number of carbonyl (C=O) groups is 1. The van der Waals surface area contributed by atoms with Crippen LogP contribution in [0.1, 0.15) is 29.6 Å². The van der Waals surface area contributed by atoms with E-state index in [1.807, 2.05) is 0 Å². The molecule has 0 atom stereocenters. The Kier molecular flexibility index (Phi) is 6.76. The molecule has 1 fully saturated rings. The molecule has 0 unspecified atom stereocenters. The largest absolute Gasteiger partial charge is 0.457 e. The first-order valence-electron chi connectivity index (χ1n) is 8.00. The topological polar surface area (TPSA) is 29.5 Å². The van der Waals surface area contributed by atoms with Gasteiger partial charge in [-0.1, -0.05) is 0 Å². The molecular formula is C19H21ClFNO2. The first kappa shape index (κ1) is 18.4. The zero-order chi connectivity index (χ0) is 16.1. The normalized spacial score (nSPS) is 14.2. The van der Waals surface area contributed by atoms with Gasteiger partial charge >= 0.3 is 0 Å². The molecule has 2 aromatic rings. The van der Waals surface area contributed by atoms with Crippen molar-refractivity contribution in [1.29, 1.82) is 0 Å². The van der Waals surface area contributed by atoms with Gasteiger partial charge in [-0.25, -0.2) is 4.39 Å². The summed E-state index contributed by atoms with van der Waals surface area (Å²) in [6, 6.07) is 13.0. The summed E-state index contributed by atoms with van der Waals surface area (Å²) in [5, 5.41) is 0. The lowest BCUT2D eigenvalue weighted by Crippen LogP contribution is -2.22. The molecule has 128 valence electrons. The van der Waals surface area contributed by atoms with E-state index in [4.69, 9.17) is 4.74 Å². The van der Waals surface area contributed by atoms with Gasteiger partial charge in [-0.2, -0.15) is 0 Å². The van der Waals surface area contributed by atoms with Gasteiger partial charge < -0.3 is 9.64 Å². The van der Waals surface area contributed by atoms with Crippen LogP contribution in [0.5, 0.6) is 11.5 Å². The summed E-state index contributed by atoms with van der Waals surface area (Å²) in [6.45, 7) is 3.06. The summed E-state index contributed by atoms with van der Waals surface area (Å²) in [4.78, 5) is 14.5. The molecule has 1 aliphatic heterocycles. The van der Waals surface area contributed by atoms with Gasteiger partial charge in [0.15, 0.2) is 5.78 Å². The minimum absolute atomic E-state index is 0. The number of halogens is 2. The fourth-order valence-electron chi connectivity index (χ4n) is 2.76. The average Bonchev–Trinajstić information content (AvgIpc) is 3.09. The third kappa shape index (κ3) is 5.05. The number of likely N-dealkylation sites (tertiary alicyclic amines) is 1. The molecule has 0 amide bonds.